The fourth-order valence-electron chi connectivity index (χ4n) is 2.55. The van der Waals surface area contributed by atoms with Crippen molar-refractivity contribution in [3.8, 4) is 11.1 Å². The van der Waals surface area contributed by atoms with Gasteiger partial charge in [0.1, 0.15) is 0 Å². The van der Waals surface area contributed by atoms with Gasteiger partial charge in [-0.1, -0.05) is 12.1 Å². The molecule has 0 aliphatic carbocycles. The van der Waals surface area contributed by atoms with Crippen LogP contribution < -0.4 is 4.31 Å². The van der Waals surface area contributed by atoms with Crippen molar-refractivity contribution in [2.24, 2.45) is 0 Å². The number of rotatable bonds is 0. The predicted molar refractivity (Wildman–Crippen MR) is 77.2 cm³/mol. The summed E-state index contributed by atoms with van der Waals surface area (Å²) < 4.78 is 64.8. The first kappa shape index (κ1) is 14.9. The summed E-state index contributed by atoms with van der Waals surface area (Å²) in [6.45, 7) is 1.79. The third kappa shape index (κ3) is 2.08. The molecule has 0 saturated heterocycles. The van der Waals surface area contributed by atoms with Gasteiger partial charge in [-0.15, -0.1) is 0 Å². The Kier molecular flexibility index (Phi) is 3.04. The molecule has 7 heteroatoms. The highest BCUT2D eigenvalue weighted by Gasteiger charge is 2.36. The molecule has 3 nitrogen and oxygen atoms in total. The Morgan fingerprint density at radius 2 is 1.68 bits per heavy atom. The van der Waals surface area contributed by atoms with Gasteiger partial charge in [0.2, 0.25) is 0 Å². The van der Waals surface area contributed by atoms with Crippen molar-refractivity contribution in [2.45, 2.75) is 18.0 Å². The molecular weight excluding hydrogens is 315 g/mol. The number of alkyl halides is 3. The summed E-state index contributed by atoms with van der Waals surface area (Å²) in [4.78, 5) is -0.112. The van der Waals surface area contributed by atoms with Gasteiger partial charge in [0.25, 0.3) is 10.0 Å². The smallest absolute Gasteiger partial charge is 0.269 e. The van der Waals surface area contributed by atoms with Gasteiger partial charge in [0, 0.05) is 18.2 Å². The molecule has 1 aliphatic heterocycles. The molecule has 0 saturated carbocycles. The number of benzene rings is 2. The van der Waals surface area contributed by atoms with E-state index in [0.29, 0.717) is 11.3 Å². The topological polar surface area (TPSA) is 37.4 Å². The maximum absolute atomic E-state index is 12.9. The Balaban J connectivity index is 2.38. The summed E-state index contributed by atoms with van der Waals surface area (Å²) in [5.74, 6) is 0. The van der Waals surface area contributed by atoms with Gasteiger partial charge >= 0.3 is 6.18 Å². The van der Waals surface area contributed by atoms with E-state index in [9.17, 15) is 21.6 Å². The van der Waals surface area contributed by atoms with E-state index in [-0.39, 0.29) is 10.5 Å². The normalized spacial score (nSPS) is 16.1. The summed E-state index contributed by atoms with van der Waals surface area (Å²) in [5, 5.41) is 0. The quantitative estimate of drug-likeness (QED) is 0.738. The lowest BCUT2D eigenvalue weighted by atomic mass is 9.99. The Morgan fingerprint density at radius 3 is 2.32 bits per heavy atom. The fraction of sp³-hybridized carbons (Fsp3) is 0.200. The van der Waals surface area contributed by atoms with E-state index in [1.807, 2.05) is 0 Å². The van der Waals surface area contributed by atoms with Crippen LogP contribution in [-0.4, -0.2) is 15.5 Å². The number of halogens is 3. The van der Waals surface area contributed by atoms with Gasteiger partial charge < -0.3 is 0 Å². The zero-order valence-electron chi connectivity index (χ0n) is 11.8. The lowest BCUT2D eigenvalue weighted by Gasteiger charge is -2.29. The fourth-order valence-corrected chi connectivity index (χ4v) is 3.94. The molecule has 2 aromatic rings. The Bertz CT molecular complexity index is 873. The lowest BCUT2D eigenvalue weighted by molar-refractivity contribution is -0.137. The summed E-state index contributed by atoms with van der Waals surface area (Å²) in [6.07, 6.45) is -4.52. The molecule has 0 aromatic heterocycles. The average Bonchev–Trinajstić information content (AvgIpc) is 2.43. The second-order valence-electron chi connectivity index (χ2n) is 5.20. The molecule has 22 heavy (non-hydrogen) atoms. The van der Waals surface area contributed by atoms with E-state index in [2.05, 4.69) is 0 Å². The Morgan fingerprint density at radius 1 is 1.00 bits per heavy atom. The molecule has 0 radical (unpaired) electrons. The van der Waals surface area contributed by atoms with E-state index >= 15 is 0 Å². The standard InChI is InChI=1S/C15H12F3NO2S/c1-9-3-5-11-12-8-10(15(16,17)18)4-6-14(12)22(20,21)19(2)13(11)7-9/h3-8H,1-2H3. The number of hydrogen-bond donors (Lipinski definition) is 0. The van der Waals surface area contributed by atoms with Gasteiger partial charge in [0.05, 0.1) is 16.1 Å². The zero-order valence-corrected chi connectivity index (χ0v) is 12.6. The third-order valence-electron chi connectivity index (χ3n) is 3.73. The van der Waals surface area contributed by atoms with E-state index in [4.69, 9.17) is 0 Å². The summed E-state index contributed by atoms with van der Waals surface area (Å²) in [5.41, 5.74) is 0.910. The maximum atomic E-state index is 12.9. The first-order valence-electron chi connectivity index (χ1n) is 6.43. The summed E-state index contributed by atoms with van der Waals surface area (Å²) >= 11 is 0. The van der Waals surface area contributed by atoms with Crippen LogP contribution in [-0.2, 0) is 16.2 Å². The number of hydrogen-bond acceptors (Lipinski definition) is 2. The van der Waals surface area contributed by atoms with Gasteiger partial charge in [-0.25, -0.2) is 8.42 Å². The van der Waals surface area contributed by atoms with E-state index in [1.165, 1.54) is 7.05 Å². The minimum atomic E-state index is -4.52. The molecule has 2 aromatic carbocycles. The van der Waals surface area contributed by atoms with Gasteiger partial charge in [-0.2, -0.15) is 13.2 Å². The molecule has 0 spiro atoms. The molecule has 0 atom stereocenters. The molecule has 0 unspecified atom stereocenters. The number of fused-ring (bicyclic) bond motifs is 3. The highest BCUT2D eigenvalue weighted by molar-refractivity contribution is 7.93. The summed E-state index contributed by atoms with van der Waals surface area (Å²) in [7, 11) is -2.45. The van der Waals surface area contributed by atoms with Crippen molar-refractivity contribution >= 4 is 15.7 Å². The number of anilines is 1. The maximum Gasteiger partial charge on any atom is 0.416 e. The van der Waals surface area contributed by atoms with Gasteiger partial charge in [-0.05, 0) is 36.8 Å². The van der Waals surface area contributed by atoms with Crippen molar-refractivity contribution in [2.75, 3.05) is 11.4 Å². The van der Waals surface area contributed by atoms with E-state index < -0.39 is 21.8 Å². The van der Waals surface area contributed by atoms with Crippen LogP contribution in [0.5, 0.6) is 0 Å². The first-order chi connectivity index (χ1) is 10.1. The van der Waals surface area contributed by atoms with Gasteiger partial charge in [-0.3, -0.25) is 4.31 Å². The molecule has 0 amide bonds. The largest absolute Gasteiger partial charge is 0.416 e. The molecule has 0 bridgehead atoms. The van der Waals surface area contributed by atoms with Crippen LogP contribution in [0.3, 0.4) is 0 Å². The minimum Gasteiger partial charge on any atom is -0.269 e. The monoisotopic (exact) mass is 327 g/mol. The highest BCUT2D eigenvalue weighted by atomic mass is 32.2. The van der Waals surface area contributed by atoms with Crippen LogP contribution in [0, 0.1) is 6.92 Å². The number of nitrogens with zero attached hydrogens (tertiary/aromatic N) is 1. The van der Waals surface area contributed by atoms with Crippen LogP contribution in [0.2, 0.25) is 0 Å². The van der Waals surface area contributed by atoms with Crippen molar-refractivity contribution in [3.63, 3.8) is 0 Å². The van der Waals surface area contributed by atoms with E-state index in [0.717, 1.165) is 28.1 Å². The summed E-state index contributed by atoms with van der Waals surface area (Å²) in [6, 6.07) is 7.75. The van der Waals surface area contributed by atoms with Gasteiger partial charge in [0.15, 0.2) is 0 Å². The van der Waals surface area contributed by atoms with Crippen LogP contribution >= 0.6 is 0 Å². The third-order valence-corrected chi connectivity index (χ3v) is 5.56. The van der Waals surface area contributed by atoms with E-state index in [1.54, 1.807) is 25.1 Å². The molecule has 116 valence electrons. The van der Waals surface area contributed by atoms with Crippen molar-refractivity contribution in [1.82, 2.24) is 0 Å². The molecule has 3 rings (SSSR count). The van der Waals surface area contributed by atoms with Crippen LogP contribution in [0.4, 0.5) is 18.9 Å². The number of aryl methyl sites for hydroxylation is 1. The van der Waals surface area contributed by atoms with Crippen molar-refractivity contribution in [3.05, 3.63) is 47.5 Å². The highest BCUT2D eigenvalue weighted by Crippen LogP contribution is 2.44. The molecule has 0 N–H and O–H groups in total. The van der Waals surface area contributed by atoms with Crippen LogP contribution in [0.25, 0.3) is 11.1 Å². The lowest BCUT2D eigenvalue weighted by Crippen LogP contribution is -2.30. The molecule has 0 fully saturated rings. The van der Waals surface area contributed by atoms with Crippen molar-refractivity contribution in [1.29, 1.82) is 0 Å². The average molecular weight is 327 g/mol. The first-order valence-corrected chi connectivity index (χ1v) is 7.87. The predicted octanol–water partition coefficient (Wildman–Crippen LogP) is 3.82. The molecule has 1 heterocycles. The van der Waals surface area contributed by atoms with Crippen LogP contribution in [0.1, 0.15) is 11.1 Å². The second kappa shape index (κ2) is 4.49. The Labute approximate surface area is 126 Å². The SMILES string of the molecule is Cc1ccc2c(c1)N(C)S(=O)(=O)c1ccc(C(F)(F)F)cc1-2. The number of sulfonamides is 1. The molecular formula is C15H12F3NO2S. The minimum absolute atomic E-state index is 0.0860. The Hall–Kier alpha value is -2.02. The second-order valence-corrected chi connectivity index (χ2v) is 7.14. The van der Waals surface area contributed by atoms with Crippen molar-refractivity contribution < 1.29 is 21.6 Å². The molecule has 1 aliphatic rings. The van der Waals surface area contributed by atoms with Crippen LogP contribution in [0.15, 0.2) is 41.3 Å². The zero-order chi connectivity index (χ0) is 16.3.